The number of carboxylic acid groups (broad SMARTS) is 1. The summed E-state index contributed by atoms with van der Waals surface area (Å²) in [5, 5.41) is 24.3. The average molecular weight is 375 g/mol. The van der Waals surface area contributed by atoms with Gasteiger partial charge in [0.25, 0.3) is 5.72 Å². The van der Waals surface area contributed by atoms with Gasteiger partial charge >= 0.3 is 18.2 Å². The monoisotopic (exact) mass is 375 g/mol. The normalized spacial score (nSPS) is 25.8. The van der Waals surface area contributed by atoms with Crippen LogP contribution in [0.25, 0.3) is 0 Å². The first kappa shape index (κ1) is 19.5. The van der Waals surface area contributed by atoms with Crippen molar-refractivity contribution in [3.8, 4) is 0 Å². The second-order valence-electron chi connectivity index (χ2n) is 5.48. The van der Waals surface area contributed by atoms with E-state index < -0.39 is 41.8 Å². The van der Waals surface area contributed by atoms with Crippen LogP contribution in [-0.4, -0.2) is 41.6 Å². The smallest absolute Gasteiger partial charge is 0.437 e. The van der Waals surface area contributed by atoms with Gasteiger partial charge in [-0.3, -0.25) is 4.79 Å². The Balaban J connectivity index is 2.54. The highest BCUT2D eigenvalue weighted by Crippen LogP contribution is 2.43. The molecule has 0 aliphatic carbocycles. The molecule has 1 aromatic rings. The van der Waals surface area contributed by atoms with E-state index in [9.17, 15) is 37.8 Å². The summed E-state index contributed by atoms with van der Waals surface area (Å²) in [6.07, 6.45) is -5.38. The van der Waals surface area contributed by atoms with Crippen molar-refractivity contribution in [1.29, 1.82) is 0 Å². The Kier molecular flexibility index (Phi) is 5.12. The largest absolute Gasteiger partial charge is 0.545 e. The maximum atomic E-state index is 13.4. The van der Waals surface area contributed by atoms with Crippen LogP contribution in [-0.2, 0) is 9.53 Å². The number of aliphatic hydroxyl groups is 1. The van der Waals surface area contributed by atoms with E-state index in [2.05, 4.69) is 10.1 Å². The minimum Gasteiger partial charge on any atom is -0.545 e. The van der Waals surface area contributed by atoms with Crippen molar-refractivity contribution >= 4 is 18.0 Å². The van der Waals surface area contributed by atoms with E-state index in [1.165, 1.54) is 12.2 Å². The Bertz CT molecular complexity index is 721. The second-order valence-corrected chi connectivity index (χ2v) is 5.48. The summed E-state index contributed by atoms with van der Waals surface area (Å²) < 4.78 is 44.9. The number of nitrogens with one attached hydrogen (secondary N) is 2. The number of hydrogen-bond acceptors (Lipinski definition) is 6. The molecule has 0 radical (unpaired) electrons. The van der Waals surface area contributed by atoms with Gasteiger partial charge in [-0.25, -0.2) is 4.79 Å². The number of ether oxygens (including phenoxy) is 1. The van der Waals surface area contributed by atoms with Crippen LogP contribution in [0, 0.1) is 5.92 Å². The summed E-state index contributed by atoms with van der Waals surface area (Å²) in [6, 6.07) is 1.29. The van der Waals surface area contributed by atoms with Crippen LogP contribution in [0.2, 0.25) is 0 Å². The fourth-order valence-corrected chi connectivity index (χ4v) is 2.64. The minimum atomic E-state index is -5.38. The van der Waals surface area contributed by atoms with Gasteiger partial charge < -0.3 is 30.4 Å². The Hall–Kier alpha value is -2.82. The quantitative estimate of drug-likeness (QED) is 0.627. The topological polar surface area (TPSA) is 128 Å². The zero-order valence-corrected chi connectivity index (χ0v) is 13.3. The minimum absolute atomic E-state index is 0.0365. The summed E-state index contributed by atoms with van der Waals surface area (Å²) in [4.78, 5) is 34.6. The molecule has 1 aliphatic heterocycles. The molecular weight excluding hydrogens is 361 g/mol. The number of carbonyl (C=O) groups excluding carboxylic acids is 3. The van der Waals surface area contributed by atoms with Crippen molar-refractivity contribution in [2.45, 2.75) is 24.9 Å². The molecule has 1 aromatic carbocycles. The van der Waals surface area contributed by atoms with Gasteiger partial charge in [0.05, 0.1) is 18.6 Å². The standard InChI is InChI=1S/C15H15F3N2O6/c1-2-26-12(23)9-10(7-3-5-8(6-4-7)11(21)22)19-13(24)20-14(9,25)15(16,17)18/h3-6,9-10,25H,2H2,1H3,(H,21,22)(H2,19,20,24)/p-1/t9-,10-,14-/m1/s1. The van der Waals surface area contributed by atoms with E-state index >= 15 is 0 Å². The molecule has 3 N–H and O–H groups in total. The summed E-state index contributed by atoms with van der Waals surface area (Å²) in [5.41, 5.74) is -4.17. The SMILES string of the molecule is CCOC(=O)[C@H]1[C@@H](c2ccc(C(=O)[O-])cc2)NC(=O)N[C@]1(O)C(F)(F)F. The van der Waals surface area contributed by atoms with Gasteiger partial charge in [-0.15, -0.1) is 0 Å². The molecule has 142 valence electrons. The van der Waals surface area contributed by atoms with E-state index in [1.54, 1.807) is 0 Å². The lowest BCUT2D eigenvalue weighted by molar-refractivity contribution is -0.294. The van der Waals surface area contributed by atoms with Crippen LogP contribution in [0.4, 0.5) is 18.0 Å². The zero-order valence-electron chi connectivity index (χ0n) is 13.3. The zero-order chi connectivity index (χ0) is 19.7. The first-order valence-corrected chi connectivity index (χ1v) is 7.37. The van der Waals surface area contributed by atoms with Gasteiger partial charge in [0.1, 0.15) is 5.92 Å². The first-order chi connectivity index (χ1) is 12.0. The molecule has 3 atom stereocenters. The van der Waals surface area contributed by atoms with E-state index in [4.69, 9.17) is 0 Å². The number of carbonyl (C=O) groups is 3. The van der Waals surface area contributed by atoms with Crippen LogP contribution in [0.5, 0.6) is 0 Å². The maximum absolute atomic E-state index is 13.4. The number of alkyl halides is 3. The molecule has 0 unspecified atom stereocenters. The van der Waals surface area contributed by atoms with Crippen LogP contribution in [0.1, 0.15) is 28.9 Å². The highest BCUT2D eigenvalue weighted by Gasteiger charge is 2.67. The molecule has 1 aliphatic rings. The molecule has 2 rings (SSSR count). The maximum Gasteiger partial charge on any atom is 0.437 e. The lowest BCUT2D eigenvalue weighted by atomic mass is 9.82. The Labute approximate surface area is 144 Å². The van der Waals surface area contributed by atoms with Crippen LogP contribution in [0.15, 0.2) is 24.3 Å². The van der Waals surface area contributed by atoms with Crippen LogP contribution >= 0.6 is 0 Å². The van der Waals surface area contributed by atoms with E-state index in [0.29, 0.717) is 0 Å². The molecule has 1 fully saturated rings. The van der Waals surface area contributed by atoms with E-state index in [0.717, 1.165) is 24.3 Å². The molecular formula is C15H14F3N2O6-. The summed E-state index contributed by atoms with van der Waals surface area (Å²) in [6.45, 7) is 1.11. The van der Waals surface area contributed by atoms with Gasteiger partial charge in [0, 0.05) is 0 Å². The Morgan fingerprint density at radius 3 is 2.35 bits per heavy atom. The second kappa shape index (κ2) is 6.83. The van der Waals surface area contributed by atoms with Crippen LogP contribution < -0.4 is 15.7 Å². The molecule has 0 saturated carbocycles. The van der Waals surface area contributed by atoms with Crippen molar-refractivity contribution in [3.05, 3.63) is 35.4 Å². The summed E-state index contributed by atoms with van der Waals surface area (Å²) in [5.74, 6) is -5.18. The fourth-order valence-electron chi connectivity index (χ4n) is 2.64. The molecule has 0 bridgehead atoms. The number of urea groups is 1. The van der Waals surface area contributed by atoms with Gasteiger partial charge in [-0.05, 0) is 18.1 Å². The number of amides is 2. The highest BCUT2D eigenvalue weighted by molar-refractivity contribution is 5.86. The fraction of sp³-hybridized carbons (Fsp3) is 0.400. The lowest BCUT2D eigenvalue weighted by Gasteiger charge is -2.44. The molecule has 11 heteroatoms. The average Bonchev–Trinajstić information content (AvgIpc) is 2.53. The third-order valence-electron chi connectivity index (χ3n) is 3.85. The number of aromatic carboxylic acids is 1. The Morgan fingerprint density at radius 2 is 1.88 bits per heavy atom. The molecule has 26 heavy (non-hydrogen) atoms. The van der Waals surface area contributed by atoms with Gasteiger partial charge in [-0.2, -0.15) is 13.2 Å². The number of esters is 1. The van der Waals surface area contributed by atoms with Gasteiger partial charge in [-0.1, -0.05) is 24.3 Å². The third-order valence-corrected chi connectivity index (χ3v) is 3.85. The van der Waals surface area contributed by atoms with E-state index in [-0.39, 0.29) is 17.7 Å². The van der Waals surface area contributed by atoms with Crippen molar-refractivity contribution in [3.63, 3.8) is 0 Å². The molecule has 0 spiro atoms. The predicted molar refractivity (Wildman–Crippen MR) is 76.3 cm³/mol. The number of benzene rings is 1. The van der Waals surface area contributed by atoms with Crippen molar-refractivity contribution in [2.75, 3.05) is 6.61 Å². The molecule has 0 aromatic heterocycles. The highest BCUT2D eigenvalue weighted by atomic mass is 19.4. The van der Waals surface area contributed by atoms with Gasteiger partial charge in [0.2, 0.25) is 0 Å². The molecule has 8 nitrogen and oxygen atoms in total. The van der Waals surface area contributed by atoms with E-state index in [1.807, 2.05) is 0 Å². The number of rotatable bonds is 4. The molecule has 2 amide bonds. The summed E-state index contributed by atoms with van der Waals surface area (Å²) in [7, 11) is 0. The van der Waals surface area contributed by atoms with Gasteiger partial charge in [0.15, 0.2) is 0 Å². The number of carboxylic acids is 1. The number of halogens is 3. The van der Waals surface area contributed by atoms with Crippen molar-refractivity contribution < 1.29 is 42.5 Å². The van der Waals surface area contributed by atoms with Crippen molar-refractivity contribution in [2.24, 2.45) is 5.92 Å². The summed E-state index contributed by atoms with van der Waals surface area (Å²) >= 11 is 0. The lowest BCUT2D eigenvalue weighted by Crippen LogP contribution is -2.73. The molecule has 1 heterocycles. The first-order valence-electron chi connectivity index (χ1n) is 7.37. The molecule has 1 saturated heterocycles. The van der Waals surface area contributed by atoms with Crippen LogP contribution in [0.3, 0.4) is 0 Å². The predicted octanol–water partition coefficient (Wildman–Crippen LogP) is -0.166. The third kappa shape index (κ3) is 3.43. The Morgan fingerprint density at radius 1 is 1.31 bits per heavy atom. The van der Waals surface area contributed by atoms with Crippen molar-refractivity contribution in [1.82, 2.24) is 10.6 Å². The number of hydrogen-bond donors (Lipinski definition) is 3.